The molecule has 0 amide bonds. The molecule has 0 aliphatic rings. The van der Waals surface area contributed by atoms with E-state index in [0.717, 1.165) is 0 Å². The molecule has 58 valence electrons. The summed E-state index contributed by atoms with van der Waals surface area (Å²) in [5, 5.41) is 8.27. The van der Waals surface area contributed by atoms with Crippen LogP contribution < -0.4 is 6.15 Å². The molecule has 0 radical (unpaired) electrons. The summed E-state index contributed by atoms with van der Waals surface area (Å²) in [7, 11) is 0. The maximum absolute atomic E-state index is 10.1. The highest BCUT2D eigenvalue weighted by Crippen LogP contribution is 2.01. The Kier molecular flexibility index (Phi) is 7.05. The lowest BCUT2D eigenvalue weighted by atomic mass is 10.2. The van der Waals surface area contributed by atoms with Crippen molar-refractivity contribution in [3.05, 3.63) is 24.8 Å². The average molecular weight is 143 g/mol. The van der Waals surface area contributed by atoms with Crippen molar-refractivity contribution < 1.29 is 9.90 Å². The second kappa shape index (κ2) is 6.04. The van der Waals surface area contributed by atoms with Crippen LogP contribution >= 0.6 is 0 Å². The SMILES string of the molecule is C=CCCC(=C)C(=O)O.N. The van der Waals surface area contributed by atoms with Crippen molar-refractivity contribution in [1.29, 1.82) is 0 Å². The summed E-state index contributed by atoms with van der Waals surface area (Å²) in [6.45, 7) is 6.80. The molecular weight excluding hydrogens is 130 g/mol. The number of carboxylic acids is 1. The van der Waals surface area contributed by atoms with Crippen molar-refractivity contribution in [3.63, 3.8) is 0 Å². The van der Waals surface area contributed by atoms with Crippen LogP contribution in [0, 0.1) is 0 Å². The monoisotopic (exact) mass is 143 g/mol. The number of carboxylic acid groups (broad SMARTS) is 1. The molecule has 0 bridgehead atoms. The zero-order valence-corrected chi connectivity index (χ0v) is 5.97. The van der Waals surface area contributed by atoms with Crippen LogP contribution in [0.25, 0.3) is 0 Å². The average Bonchev–Trinajstić information content (AvgIpc) is 1.82. The van der Waals surface area contributed by atoms with Gasteiger partial charge in [-0.05, 0) is 12.8 Å². The molecule has 0 saturated carbocycles. The van der Waals surface area contributed by atoms with Gasteiger partial charge in [-0.25, -0.2) is 4.79 Å². The molecule has 10 heavy (non-hydrogen) atoms. The van der Waals surface area contributed by atoms with Gasteiger partial charge >= 0.3 is 5.97 Å². The van der Waals surface area contributed by atoms with E-state index in [2.05, 4.69) is 13.2 Å². The molecule has 0 unspecified atom stereocenters. The third kappa shape index (κ3) is 5.05. The summed E-state index contributed by atoms with van der Waals surface area (Å²) < 4.78 is 0. The molecule has 4 N–H and O–H groups in total. The van der Waals surface area contributed by atoms with Gasteiger partial charge in [-0.15, -0.1) is 6.58 Å². The van der Waals surface area contributed by atoms with E-state index in [0.29, 0.717) is 12.8 Å². The normalized spacial score (nSPS) is 7.60. The number of hydrogen-bond donors (Lipinski definition) is 2. The van der Waals surface area contributed by atoms with Gasteiger partial charge in [-0.1, -0.05) is 12.7 Å². The lowest BCUT2D eigenvalue weighted by molar-refractivity contribution is -0.132. The molecule has 3 heteroatoms. The van der Waals surface area contributed by atoms with E-state index in [9.17, 15) is 4.79 Å². The zero-order chi connectivity index (χ0) is 7.28. The molecule has 0 aliphatic carbocycles. The first-order chi connectivity index (χ1) is 4.18. The molecule has 0 aromatic rings. The highest BCUT2D eigenvalue weighted by Gasteiger charge is 1.99. The van der Waals surface area contributed by atoms with Gasteiger partial charge in [0.05, 0.1) is 0 Å². The van der Waals surface area contributed by atoms with Crippen molar-refractivity contribution in [2.45, 2.75) is 12.8 Å². The standard InChI is InChI=1S/C7H10O2.H3N/c1-3-4-5-6(2)7(8)9;/h3H,1-2,4-5H2,(H,8,9);1H3. The molecule has 0 spiro atoms. The largest absolute Gasteiger partial charge is 0.478 e. The van der Waals surface area contributed by atoms with E-state index in [1.165, 1.54) is 0 Å². The molecule has 0 saturated heterocycles. The van der Waals surface area contributed by atoms with Crippen LogP contribution in [0.2, 0.25) is 0 Å². The van der Waals surface area contributed by atoms with Gasteiger partial charge < -0.3 is 11.3 Å². The molecule has 0 aromatic carbocycles. The Morgan fingerprint density at radius 1 is 1.60 bits per heavy atom. The molecule has 0 fully saturated rings. The maximum atomic E-state index is 10.1. The van der Waals surface area contributed by atoms with Crippen molar-refractivity contribution in [2.24, 2.45) is 0 Å². The summed E-state index contributed by atoms with van der Waals surface area (Å²) in [5.74, 6) is -0.920. The fourth-order valence-electron chi connectivity index (χ4n) is 0.383. The summed E-state index contributed by atoms with van der Waals surface area (Å²) in [4.78, 5) is 10.1. The van der Waals surface area contributed by atoms with Crippen LogP contribution in [-0.2, 0) is 4.79 Å². The van der Waals surface area contributed by atoms with Crippen LogP contribution in [0.15, 0.2) is 24.8 Å². The van der Waals surface area contributed by atoms with E-state index in [-0.39, 0.29) is 11.7 Å². The lowest BCUT2D eigenvalue weighted by Gasteiger charge is -1.93. The van der Waals surface area contributed by atoms with Gasteiger partial charge in [-0.2, -0.15) is 0 Å². The van der Waals surface area contributed by atoms with E-state index in [4.69, 9.17) is 5.11 Å². The van der Waals surface area contributed by atoms with Crippen LogP contribution in [0.3, 0.4) is 0 Å². The smallest absolute Gasteiger partial charge is 0.330 e. The first-order valence-electron chi connectivity index (χ1n) is 2.70. The second-order valence-electron chi connectivity index (χ2n) is 1.74. The summed E-state index contributed by atoms with van der Waals surface area (Å²) in [6.07, 6.45) is 2.86. The van der Waals surface area contributed by atoms with Crippen molar-refractivity contribution in [3.8, 4) is 0 Å². The Labute approximate surface area is 60.6 Å². The summed E-state index contributed by atoms with van der Waals surface area (Å²) in [5.41, 5.74) is 0.245. The van der Waals surface area contributed by atoms with E-state index >= 15 is 0 Å². The zero-order valence-electron chi connectivity index (χ0n) is 5.97. The molecule has 0 atom stereocenters. The highest BCUT2D eigenvalue weighted by molar-refractivity contribution is 5.85. The first-order valence-corrected chi connectivity index (χ1v) is 2.70. The first kappa shape index (κ1) is 11.7. The Balaban J connectivity index is 0. The number of aliphatic carboxylic acids is 1. The molecule has 3 nitrogen and oxygen atoms in total. The molecule has 0 heterocycles. The second-order valence-corrected chi connectivity index (χ2v) is 1.74. The van der Waals surface area contributed by atoms with Gasteiger partial charge in [0.15, 0.2) is 0 Å². The minimum absolute atomic E-state index is 0. The van der Waals surface area contributed by atoms with Gasteiger partial charge in [-0.3, -0.25) is 0 Å². The topological polar surface area (TPSA) is 72.3 Å². The molecule has 0 rings (SSSR count). The molecule has 0 aromatic heterocycles. The maximum Gasteiger partial charge on any atom is 0.330 e. The van der Waals surface area contributed by atoms with Crippen LogP contribution in [-0.4, -0.2) is 11.1 Å². The molecular formula is C7H13NO2. The minimum atomic E-state index is -0.920. The third-order valence-corrected chi connectivity index (χ3v) is 0.953. The van der Waals surface area contributed by atoms with Gasteiger partial charge in [0.1, 0.15) is 0 Å². The van der Waals surface area contributed by atoms with Gasteiger partial charge in [0.25, 0.3) is 0 Å². The number of carbonyl (C=O) groups is 1. The van der Waals surface area contributed by atoms with Gasteiger partial charge in [0.2, 0.25) is 0 Å². The van der Waals surface area contributed by atoms with E-state index in [1.54, 1.807) is 6.08 Å². The number of hydrogen-bond acceptors (Lipinski definition) is 2. The summed E-state index contributed by atoms with van der Waals surface area (Å²) in [6, 6.07) is 0. The number of allylic oxidation sites excluding steroid dienone is 1. The van der Waals surface area contributed by atoms with Crippen LogP contribution in [0.1, 0.15) is 12.8 Å². The van der Waals surface area contributed by atoms with Crippen molar-refractivity contribution in [2.75, 3.05) is 0 Å². The third-order valence-electron chi connectivity index (χ3n) is 0.953. The lowest BCUT2D eigenvalue weighted by Crippen LogP contribution is -1.97. The van der Waals surface area contributed by atoms with Crippen molar-refractivity contribution in [1.82, 2.24) is 6.15 Å². The predicted octanol–water partition coefficient (Wildman–Crippen LogP) is 1.76. The Morgan fingerprint density at radius 3 is 2.40 bits per heavy atom. The highest BCUT2D eigenvalue weighted by atomic mass is 16.4. The predicted molar refractivity (Wildman–Crippen MR) is 41.2 cm³/mol. The summed E-state index contributed by atoms with van der Waals surface area (Å²) >= 11 is 0. The Hall–Kier alpha value is -1.09. The van der Waals surface area contributed by atoms with E-state index in [1.807, 2.05) is 0 Å². The van der Waals surface area contributed by atoms with Crippen LogP contribution in [0.5, 0.6) is 0 Å². The Morgan fingerprint density at radius 2 is 2.10 bits per heavy atom. The van der Waals surface area contributed by atoms with Crippen molar-refractivity contribution >= 4 is 5.97 Å². The molecule has 0 aliphatic heterocycles. The quantitative estimate of drug-likeness (QED) is 0.465. The number of rotatable bonds is 4. The Bertz CT molecular complexity index is 141. The fraction of sp³-hybridized carbons (Fsp3) is 0.286. The fourth-order valence-corrected chi connectivity index (χ4v) is 0.383. The minimum Gasteiger partial charge on any atom is -0.478 e. The van der Waals surface area contributed by atoms with Gasteiger partial charge in [0, 0.05) is 5.57 Å². The van der Waals surface area contributed by atoms with Crippen LogP contribution in [0.4, 0.5) is 0 Å². The van der Waals surface area contributed by atoms with E-state index < -0.39 is 5.97 Å².